The largest absolute Gasteiger partial charge is 0.480 e. The van der Waals surface area contributed by atoms with Crippen LogP contribution in [0.4, 0.5) is 4.79 Å². The van der Waals surface area contributed by atoms with E-state index in [9.17, 15) is 9.59 Å². The second kappa shape index (κ2) is 8.22. The summed E-state index contributed by atoms with van der Waals surface area (Å²) >= 11 is 0. The molecule has 1 aliphatic rings. The molecule has 0 saturated carbocycles. The zero-order chi connectivity index (χ0) is 16.0. The predicted molar refractivity (Wildman–Crippen MR) is 82.4 cm³/mol. The van der Waals surface area contributed by atoms with Crippen LogP contribution in [0.2, 0.25) is 0 Å². The van der Waals surface area contributed by atoms with Crippen LogP contribution in [-0.2, 0) is 4.79 Å². The molecule has 0 radical (unpaired) electrons. The third-order valence-electron chi connectivity index (χ3n) is 4.29. The molecule has 0 spiro atoms. The first-order valence-electron chi connectivity index (χ1n) is 7.88. The minimum Gasteiger partial charge on any atom is -0.480 e. The van der Waals surface area contributed by atoms with E-state index in [2.05, 4.69) is 18.9 Å². The van der Waals surface area contributed by atoms with Gasteiger partial charge in [-0.05, 0) is 39.8 Å². The summed E-state index contributed by atoms with van der Waals surface area (Å²) < 4.78 is 0. The lowest BCUT2D eigenvalue weighted by atomic mass is 10.1. The summed E-state index contributed by atoms with van der Waals surface area (Å²) in [5, 5.41) is 9.08. The minimum absolute atomic E-state index is 0.0629. The molecule has 2 amide bonds. The van der Waals surface area contributed by atoms with Crippen molar-refractivity contribution in [3.63, 3.8) is 0 Å². The molecule has 2 atom stereocenters. The van der Waals surface area contributed by atoms with E-state index in [1.54, 1.807) is 0 Å². The van der Waals surface area contributed by atoms with Gasteiger partial charge in [0.1, 0.15) is 6.54 Å². The summed E-state index contributed by atoms with van der Waals surface area (Å²) in [5.74, 6) is -0.955. The molecular formula is C15H29N3O3. The lowest BCUT2D eigenvalue weighted by Gasteiger charge is -2.37. The molecule has 1 aliphatic heterocycles. The van der Waals surface area contributed by atoms with E-state index in [-0.39, 0.29) is 24.7 Å². The summed E-state index contributed by atoms with van der Waals surface area (Å²) in [5.41, 5.74) is 0. The number of carboxylic acids is 1. The number of hydrogen-bond donors (Lipinski definition) is 1. The average Bonchev–Trinajstić information content (AvgIpc) is 2.64. The molecule has 1 N–H and O–H groups in total. The molecule has 0 aromatic carbocycles. The molecule has 1 saturated heterocycles. The molecule has 0 aromatic rings. The smallest absolute Gasteiger partial charge is 0.323 e. The molecule has 0 aliphatic carbocycles. The molecule has 1 fully saturated rings. The Bertz CT molecular complexity index is 362. The van der Waals surface area contributed by atoms with Crippen molar-refractivity contribution in [3.8, 4) is 0 Å². The van der Waals surface area contributed by atoms with Crippen LogP contribution in [0.3, 0.4) is 0 Å². The zero-order valence-electron chi connectivity index (χ0n) is 13.7. The van der Waals surface area contributed by atoms with Crippen LogP contribution in [0, 0.1) is 0 Å². The summed E-state index contributed by atoms with van der Waals surface area (Å²) in [6.45, 7) is 8.26. The highest BCUT2D eigenvalue weighted by atomic mass is 16.4. The number of nitrogens with zero attached hydrogens (tertiary/aromatic N) is 3. The Balaban J connectivity index is 2.90. The van der Waals surface area contributed by atoms with Gasteiger partial charge >= 0.3 is 12.0 Å². The van der Waals surface area contributed by atoms with Crippen LogP contribution in [0.25, 0.3) is 0 Å². The summed E-state index contributed by atoms with van der Waals surface area (Å²) in [4.78, 5) is 29.5. The van der Waals surface area contributed by atoms with Gasteiger partial charge in [-0.1, -0.05) is 13.8 Å². The number of carbonyl (C=O) groups is 2. The van der Waals surface area contributed by atoms with Crippen LogP contribution in [0.1, 0.15) is 40.0 Å². The lowest BCUT2D eigenvalue weighted by Crippen LogP contribution is -2.53. The predicted octanol–water partition coefficient (Wildman–Crippen LogP) is 1.71. The van der Waals surface area contributed by atoms with Gasteiger partial charge in [-0.2, -0.15) is 0 Å². The number of carbonyl (C=O) groups excluding carboxylic acids is 1. The van der Waals surface area contributed by atoms with Crippen molar-refractivity contribution in [3.05, 3.63) is 0 Å². The van der Waals surface area contributed by atoms with Gasteiger partial charge < -0.3 is 19.8 Å². The summed E-state index contributed by atoms with van der Waals surface area (Å²) in [7, 11) is 2.07. The number of amides is 2. The highest BCUT2D eigenvalue weighted by Crippen LogP contribution is 2.16. The standard InChI is InChI=1S/C15H29N3O3/c1-5-12(3)18(11-14(19)20)15(21)17-9-7-8-16(4)10-13(17)6-2/h12-13H,5-11H2,1-4H3,(H,19,20). The fourth-order valence-electron chi connectivity index (χ4n) is 2.79. The normalized spacial score (nSPS) is 21.7. The van der Waals surface area contributed by atoms with Gasteiger partial charge in [0, 0.05) is 25.2 Å². The zero-order valence-corrected chi connectivity index (χ0v) is 13.7. The number of likely N-dealkylation sites (N-methyl/N-ethyl adjacent to an activating group) is 1. The Morgan fingerprint density at radius 2 is 2.00 bits per heavy atom. The van der Waals surface area contributed by atoms with Crippen LogP contribution >= 0.6 is 0 Å². The van der Waals surface area contributed by atoms with Gasteiger partial charge in [0.25, 0.3) is 0 Å². The fraction of sp³-hybridized carbons (Fsp3) is 0.867. The SMILES string of the molecule is CCC(C)N(CC(=O)O)C(=O)N1CCCN(C)CC1CC. The van der Waals surface area contributed by atoms with Crippen LogP contribution in [0.15, 0.2) is 0 Å². The molecular weight excluding hydrogens is 270 g/mol. The van der Waals surface area contributed by atoms with Gasteiger partial charge in [-0.3, -0.25) is 4.79 Å². The first kappa shape index (κ1) is 17.8. The monoisotopic (exact) mass is 299 g/mol. The van der Waals surface area contributed by atoms with Crippen molar-refractivity contribution in [2.75, 3.05) is 33.2 Å². The third kappa shape index (κ3) is 4.88. The molecule has 0 bridgehead atoms. The van der Waals surface area contributed by atoms with Crippen molar-refractivity contribution in [2.24, 2.45) is 0 Å². The van der Waals surface area contributed by atoms with Gasteiger partial charge in [0.2, 0.25) is 0 Å². The quantitative estimate of drug-likeness (QED) is 0.839. The second-order valence-corrected chi connectivity index (χ2v) is 5.93. The van der Waals surface area contributed by atoms with E-state index in [4.69, 9.17) is 5.11 Å². The van der Waals surface area contributed by atoms with Crippen molar-refractivity contribution >= 4 is 12.0 Å². The molecule has 1 rings (SSSR count). The first-order chi connectivity index (χ1) is 9.90. The molecule has 1 heterocycles. The van der Waals surface area contributed by atoms with Gasteiger partial charge in [0.15, 0.2) is 0 Å². The minimum atomic E-state index is -0.955. The Labute approximate surface area is 127 Å². The van der Waals surface area contributed by atoms with Crippen LogP contribution in [0.5, 0.6) is 0 Å². The van der Waals surface area contributed by atoms with Crippen molar-refractivity contribution in [1.29, 1.82) is 0 Å². The van der Waals surface area contributed by atoms with Crippen LogP contribution < -0.4 is 0 Å². The molecule has 2 unspecified atom stereocenters. The van der Waals surface area contributed by atoms with Gasteiger partial charge in [-0.15, -0.1) is 0 Å². The van der Waals surface area contributed by atoms with E-state index in [0.29, 0.717) is 6.54 Å². The first-order valence-corrected chi connectivity index (χ1v) is 7.88. The number of aliphatic carboxylic acids is 1. The average molecular weight is 299 g/mol. The lowest BCUT2D eigenvalue weighted by molar-refractivity contribution is -0.138. The Morgan fingerprint density at radius 1 is 1.33 bits per heavy atom. The maximum atomic E-state index is 12.8. The van der Waals surface area contributed by atoms with Crippen LogP contribution in [-0.4, -0.2) is 77.1 Å². The van der Waals surface area contributed by atoms with E-state index in [1.807, 2.05) is 18.7 Å². The maximum Gasteiger partial charge on any atom is 0.323 e. The number of carboxylic acid groups (broad SMARTS) is 1. The molecule has 6 heteroatoms. The van der Waals surface area contributed by atoms with Gasteiger partial charge in [0.05, 0.1) is 0 Å². The van der Waals surface area contributed by atoms with E-state index < -0.39 is 5.97 Å². The Kier molecular flexibility index (Phi) is 6.95. The van der Waals surface area contributed by atoms with Crippen molar-refractivity contribution in [1.82, 2.24) is 14.7 Å². The van der Waals surface area contributed by atoms with E-state index >= 15 is 0 Å². The molecule has 21 heavy (non-hydrogen) atoms. The van der Waals surface area contributed by atoms with E-state index in [0.717, 1.165) is 32.4 Å². The number of hydrogen-bond acceptors (Lipinski definition) is 3. The third-order valence-corrected chi connectivity index (χ3v) is 4.29. The van der Waals surface area contributed by atoms with E-state index in [1.165, 1.54) is 4.90 Å². The fourth-order valence-corrected chi connectivity index (χ4v) is 2.79. The Hall–Kier alpha value is -1.30. The highest BCUT2D eigenvalue weighted by Gasteiger charge is 2.31. The molecule has 6 nitrogen and oxygen atoms in total. The van der Waals surface area contributed by atoms with Gasteiger partial charge in [-0.25, -0.2) is 4.79 Å². The summed E-state index contributed by atoms with van der Waals surface area (Å²) in [6.07, 6.45) is 2.57. The van der Waals surface area contributed by atoms with Crippen molar-refractivity contribution < 1.29 is 14.7 Å². The topological polar surface area (TPSA) is 64.1 Å². The molecule has 0 aromatic heterocycles. The number of rotatable bonds is 5. The number of urea groups is 1. The Morgan fingerprint density at radius 3 is 2.52 bits per heavy atom. The maximum absolute atomic E-state index is 12.8. The summed E-state index contributed by atoms with van der Waals surface area (Å²) in [6, 6.07) is -0.0358. The highest BCUT2D eigenvalue weighted by molar-refractivity contribution is 5.80. The van der Waals surface area contributed by atoms with Crippen molar-refractivity contribution in [2.45, 2.75) is 52.1 Å². The second-order valence-electron chi connectivity index (χ2n) is 5.93. The molecule has 122 valence electrons.